The lowest BCUT2D eigenvalue weighted by atomic mass is 10.0. The summed E-state index contributed by atoms with van der Waals surface area (Å²) < 4.78 is 224. The van der Waals surface area contributed by atoms with Gasteiger partial charge in [-0.3, -0.25) is 37.4 Å². The van der Waals surface area contributed by atoms with Gasteiger partial charge in [0.05, 0.1) is 66.1 Å². The van der Waals surface area contributed by atoms with Crippen molar-refractivity contribution in [2.75, 3.05) is 5.73 Å². The van der Waals surface area contributed by atoms with Gasteiger partial charge in [0, 0.05) is 33.0 Å². The SMILES string of the molecule is Nc1c(N=Nc2ccc3c(O)c(N=Nc4ccc5c(O)c(N=Nc6ccc(N=Nc7ccc(S(=O)(=O)O)cc7)cc6SOOO)c(S(=O)(=O)O)cc5c4S(=O)(=O)O)c(S(=O)(=O)O)cc3c2S(=O)(=O)O)cc(S(=O)(=O)O)c2cc(SOOO)c(N=Nc3ccccc3[N+](=O)[O-])c(O)c12. The van der Waals surface area contributed by atoms with Crippen LogP contribution in [0.3, 0.4) is 0 Å². The molecule has 0 aliphatic heterocycles. The molecule has 0 radical (unpaired) electrons. The van der Waals surface area contributed by atoms with Gasteiger partial charge >= 0.3 is 0 Å². The average Bonchev–Trinajstić information content (AvgIpc) is 0.755. The molecule has 0 aliphatic carbocycles. The number of benzene rings is 9. The second-order valence-corrected chi connectivity index (χ2v) is 28.5. The smallest absolute Gasteiger partial charge is 0.297 e. The number of azo groups is 5. The van der Waals surface area contributed by atoms with E-state index in [0.29, 0.717) is 24.3 Å². The predicted molar refractivity (Wildman–Crippen MR) is 328 cm³/mol. The molecule has 9 aromatic rings. The van der Waals surface area contributed by atoms with Crippen LogP contribution in [0, 0.1) is 10.1 Å². The Kier molecular flexibility index (Phi) is 20.2. The summed E-state index contributed by atoms with van der Waals surface area (Å²) in [6.07, 6.45) is 0. The molecule has 0 atom stereocenters. The normalized spacial score (nSPS) is 13.1. The number of nitro groups is 1. The van der Waals surface area contributed by atoms with Gasteiger partial charge in [0.2, 0.25) is 0 Å². The second kappa shape index (κ2) is 27.4. The monoisotopic (exact) mass is 1500 g/mol. The van der Waals surface area contributed by atoms with Gasteiger partial charge in [0.25, 0.3) is 66.4 Å². The van der Waals surface area contributed by atoms with Gasteiger partial charge in [-0.1, -0.05) is 22.2 Å². The van der Waals surface area contributed by atoms with E-state index in [1.165, 1.54) is 30.3 Å². The van der Waals surface area contributed by atoms with Gasteiger partial charge < -0.3 is 21.1 Å². The summed E-state index contributed by atoms with van der Waals surface area (Å²) in [4.78, 5) is 2.61. The standard InChI is InChI=1S/C48H32N12O29S8/c49-40-32(19-36(93(71,72)73)27-16-35(91-89-87-67)41(46(63)39(27)40)57-52-28-3-1-2-4-33(28)60(64)65)56-54-30-13-10-23-25(47(30)96(80,81)82)17-38(95(77,78)79)43(45(23)62)59-55-31-14-11-24-26(48(31)97(83,84)85)18-37(94(74,75)76)42(44(24)61)58-53-29-12-7-21(15-34(29)90-88-86-66)51-50-20-5-8-22(9-6-20)92(68,69)70/h1-19,61-63,66-67H,49H2,(H,68,69,70)(H,71,72,73)(H,74,75,76)(H,77,78,79)(H,80,81,82)(H,83,84,85). The van der Waals surface area contributed by atoms with Crippen LogP contribution < -0.4 is 5.73 Å². The Morgan fingerprint density at radius 3 is 1.34 bits per heavy atom. The Bertz CT molecular complexity index is 5710. The van der Waals surface area contributed by atoms with Crippen molar-refractivity contribution in [1.29, 1.82) is 0 Å². The molecule has 0 saturated carbocycles. The molecule has 0 saturated heterocycles. The summed E-state index contributed by atoms with van der Waals surface area (Å²) in [6, 6.07) is 17.4. The molecule has 0 amide bonds. The average molecular weight is 1500 g/mol. The first-order chi connectivity index (χ1) is 45.3. The van der Waals surface area contributed by atoms with Crippen molar-refractivity contribution in [3.05, 3.63) is 125 Å². The lowest BCUT2D eigenvalue weighted by Crippen LogP contribution is -2.04. The number of hydrogen-bond donors (Lipinski definition) is 12. The summed E-state index contributed by atoms with van der Waals surface area (Å²) in [5.74, 6) is -3.89. The molecule has 0 spiro atoms. The van der Waals surface area contributed by atoms with E-state index in [1.807, 2.05) is 0 Å². The number of aromatic hydroxyl groups is 3. The maximum Gasteiger partial charge on any atom is 0.297 e. The number of hydrogen-bond acceptors (Lipinski definition) is 36. The van der Waals surface area contributed by atoms with E-state index in [-0.39, 0.29) is 52.1 Å². The van der Waals surface area contributed by atoms with Gasteiger partial charge in [-0.15, -0.1) is 49.6 Å². The van der Waals surface area contributed by atoms with Crippen LogP contribution in [0.1, 0.15) is 0 Å². The molecular formula is C48H32N12O29S8. The van der Waals surface area contributed by atoms with E-state index < -0.39 is 201 Å². The maximum atomic E-state index is 13.3. The molecule has 0 bridgehead atoms. The molecule has 506 valence electrons. The highest BCUT2D eigenvalue weighted by Crippen LogP contribution is 2.52. The van der Waals surface area contributed by atoms with E-state index in [9.17, 15) is 103 Å². The van der Waals surface area contributed by atoms with Gasteiger partial charge in [-0.2, -0.15) is 60.7 Å². The first-order valence-corrected chi connectivity index (χ1v) is 34.9. The van der Waals surface area contributed by atoms with Gasteiger partial charge in [0.15, 0.2) is 22.9 Å². The van der Waals surface area contributed by atoms with Crippen LogP contribution in [0.4, 0.5) is 68.2 Å². The number of fused-ring (bicyclic) bond motifs is 3. The van der Waals surface area contributed by atoms with Crippen molar-refractivity contribution >= 4 is 185 Å². The minimum Gasteiger partial charge on any atom is -0.505 e. The highest BCUT2D eigenvalue weighted by Gasteiger charge is 2.32. The molecule has 9 rings (SSSR count). The molecule has 13 N–H and O–H groups in total. The highest BCUT2D eigenvalue weighted by molar-refractivity contribution is 7.95. The predicted octanol–water partition coefficient (Wildman–Crippen LogP) is 12.2. The minimum atomic E-state index is -5.84. The van der Waals surface area contributed by atoms with Crippen molar-refractivity contribution in [2.45, 2.75) is 39.2 Å². The van der Waals surface area contributed by atoms with E-state index in [1.54, 1.807) is 0 Å². The van der Waals surface area contributed by atoms with Crippen LogP contribution in [0.15, 0.2) is 206 Å². The summed E-state index contributed by atoms with van der Waals surface area (Å²) >= 11 is 0.279. The van der Waals surface area contributed by atoms with Crippen LogP contribution in [0.5, 0.6) is 17.2 Å². The molecule has 49 heteroatoms. The van der Waals surface area contributed by atoms with Crippen molar-refractivity contribution in [1.82, 2.24) is 0 Å². The molecule has 0 heterocycles. The van der Waals surface area contributed by atoms with Crippen molar-refractivity contribution in [3.8, 4) is 17.2 Å². The molecule has 97 heavy (non-hydrogen) atoms. The number of para-hydroxylation sites is 1. The van der Waals surface area contributed by atoms with E-state index in [2.05, 4.69) is 69.9 Å². The zero-order valence-corrected chi connectivity index (χ0v) is 53.0. The fourth-order valence-corrected chi connectivity index (χ4v) is 13.8. The van der Waals surface area contributed by atoms with Crippen LogP contribution in [0.2, 0.25) is 0 Å². The first kappa shape index (κ1) is 71.6. The van der Waals surface area contributed by atoms with Crippen molar-refractivity contribution in [2.24, 2.45) is 51.1 Å². The third-order valence-corrected chi connectivity index (χ3v) is 19.4. The summed E-state index contributed by atoms with van der Waals surface area (Å²) in [5, 5.41) is 104. The van der Waals surface area contributed by atoms with Crippen LogP contribution in [0.25, 0.3) is 32.3 Å². The molecular weight excluding hydrogens is 1470 g/mol. The molecule has 0 fully saturated rings. The second-order valence-electron chi connectivity index (χ2n) is 18.7. The van der Waals surface area contributed by atoms with Gasteiger partial charge in [0.1, 0.15) is 64.3 Å². The topological polar surface area (TPSA) is 657 Å². The van der Waals surface area contributed by atoms with Crippen LogP contribution in [-0.4, -0.2) is 109 Å². The largest absolute Gasteiger partial charge is 0.505 e. The molecule has 0 aliphatic rings. The van der Waals surface area contributed by atoms with Crippen LogP contribution >= 0.6 is 24.1 Å². The zero-order chi connectivity index (χ0) is 71.1. The third-order valence-electron chi connectivity index (χ3n) is 12.8. The Labute approximate surface area is 548 Å². The van der Waals surface area contributed by atoms with Crippen LogP contribution in [-0.2, 0) is 79.5 Å². The minimum absolute atomic E-state index is 0.00632. The molecule has 9 aromatic carbocycles. The fourth-order valence-electron chi connectivity index (χ4n) is 8.76. The molecule has 0 unspecified atom stereocenters. The lowest BCUT2D eigenvalue weighted by Gasteiger charge is -2.15. The quantitative estimate of drug-likeness (QED) is 0.00538. The summed E-state index contributed by atoms with van der Waals surface area (Å²) in [6.45, 7) is 0. The van der Waals surface area contributed by atoms with Gasteiger partial charge in [-0.25, -0.2) is 10.5 Å². The number of nitro benzene ring substituents is 1. The fraction of sp³-hybridized carbons (Fsp3) is 0. The lowest BCUT2D eigenvalue weighted by molar-refractivity contribution is -0.432. The number of nitrogens with two attached hydrogens (primary N) is 1. The summed E-state index contributed by atoms with van der Waals surface area (Å²) in [7, 11) is -33.1. The number of rotatable bonds is 23. The Morgan fingerprint density at radius 1 is 0.402 bits per heavy atom. The third kappa shape index (κ3) is 15.4. The number of phenolic OH excluding ortho intramolecular Hbond substituents is 3. The number of nitrogens with zero attached hydrogens (tertiary/aromatic N) is 11. The van der Waals surface area contributed by atoms with E-state index in [4.69, 9.17) is 16.2 Å². The van der Waals surface area contributed by atoms with Crippen molar-refractivity contribution in [3.63, 3.8) is 0 Å². The zero-order valence-electron chi connectivity index (χ0n) is 46.5. The number of anilines is 1. The molecule has 0 aromatic heterocycles. The highest BCUT2D eigenvalue weighted by atomic mass is 32.2. The Morgan fingerprint density at radius 2 is 0.845 bits per heavy atom. The van der Waals surface area contributed by atoms with E-state index in [0.717, 1.165) is 54.6 Å². The number of nitrogen functional groups attached to an aromatic ring is 1. The van der Waals surface area contributed by atoms with E-state index >= 15 is 0 Å². The molecule has 41 nitrogen and oxygen atoms in total. The Balaban J connectivity index is 1.14. The number of phenols is 3. The maximum absolute atomic E-state index is 13.3. The first-order valence-electron chi connectivity index (χ1n) is 24.8. The van der Waals surface area contributed by atoms with Gasteiger partial charge in [-0.05, 0) is 97.1 Å². The van der Waals surface area contributed by atoms with Crippen molar-refractivity contribution < 1.29 is 127 Å². The summed E-state index contributed by atoms with van der Waals surface area (Å²) in [5.41, 5.74) is -1.89. The Hall–Kier alpha value is -9.72.